The number of benzene rings is 2. The van der Waals surface area contributed by atoms with Crippen LogP contribution < -0.4 is 4.18 Å². The van der Waals surface area contributed by atoms with Gasteiger partial charge in [-0.15, -0.1) is 0 Å². The van der Waals surface area contributed by atoms with Gasteiger partial charge in [-0.1, -0.05) is 30.3 Å². The van der Waals surface area contributed by atoms with Crippen molar-refractivity contribution in [2.75, 3.05) is 0 Å². The molecule has 2 aromatic rings. The summed E-state index contributed by atoms with van der Waals surface area (Å²) in [6, 6.07) is 11.2. The minimum Gasteiger partial charge on any atom is -0.379 e. The second kappa shape index (κ2) is 4.00. The van der Waals surface area contributed by atoms with Gasteiger partial charge in [0, 0.05) is 5.39 Å². The molecule has 0 aromatic heterocycles. The Bertz CT molecular complexity index is 522. The van der Waals surface area contributed by atoms with E-state index < -0.39 is 11.4 Å². The van der Waals surface area contributed by atoms with Crippen LogP contribution in [0.15, 0.2) is 36.4 Å². The van der Waals surface area contributed by atoms with Crippen molar-refractivity contribution < 1.29 is 12.9 Å². The molecule has 3 nitrogen and oxygen atoms in total. The van der Waals surface area contributed by atoms with Gasteiger partial charge in [0.25, 0.3) is 0 Å². The van der Waals surface area contributed by atoms with Gasteiger partial charge in [-0.2, -0.15) is 4.21 Å². The maximum absolute atomic E-state index is 10.6. The van der Waals surface area contributed by atoms with Crippen molar-refractivity contribution in [3.8, 4) is 5.75 Å². The molecule has 1 atom stereocenters. The fraction of sp³-hybridized carbons (Fsp3) is 0.0909. The third-order valence-electron chi connectivity index (χ3n) is 2.26. The van der Waals surface area contributed by atoms with Crippen molar-refractivity contribution in [3.63, 3.8) is 0 Å². The first-order valence-electron chi connectivity index (χ1n) is 4.46. The van der Waals surface area contributed by atoms with E-state index in [4.69, 9.17) is 8.74 Å². The Morgan fingerprint density at radius 2 is 1.80 bits per heavy atom. The van der Waals surface area contributed by atoms with Gasteiger partial charge in [0.2, 0.25) is 0 Å². The minimum absolute atomic E-state index is 0.428. The van der Waals surface area contributed by atoms with Crippen molar-refractivity contribution in [1.29, 1.82) is 0 Å². The van der Waals surface area contributed by atoms with Gasteiger partial charge >= 0.3 is 11.4 Å². The molecule has 0 saturated carbocycles. The summed E-state index contributed by atoms with van der Waals surface area (Å²) in [6.45, 7) is 1.99. The van der Waals surface area contributed by atoms with E-state index in [1.165, 1.54) is 0 Å². The number of fused-ring (bicyclic) bond motifs is 1. The van der Waals surface area contributed by atoms with Gasteiger partial charge in [-0.05, 0) is 23.9 Å². The molecule has 0 radical (unpaired) electrons. The lowest BCUT2D eigenvalue weighted by Crippen LogP contribution is -1.97. The molecule has 2 rings (SSSR count). The minimum atomic E-state index is -2.28. The Kier molecular flexibility index (Phi) is 2.70. The van der Waals surface area contributed by atoms with Gasteiger partial charge in [-0.25, -0.2) is 0 Å². The van der Waals surface area contributed by atoms with Crippen LogP contribution in [-0.2, 0) is 11.4 Å². The molecule has 4 heteroatoms. The molecule has 0 aliphatic carbocycles. The van der Waals surface area contributed by atoms with Crippen LogP contribution in [-0.4, -0.2) is 8.76 Å². The summed E-state index contributed by atoms with van der Waals surface area (Å²) in [4.78, 5) is 0. The third-order valence-corrected chi connectivity index (χ3v) is 2.58. The molecule has 0 aliphatic heterocycles. The second-order valence-corrected chi connectivity index (χ2v) is 3.83. The predicted molar refractivity (Wildman–Crippen MR) is 60.1 cm³/mol. The summed E-state index contributed by atoms with van der Waals surface area (Å²) in [5.74, 6) is 0.428. The van der Waals surface area contributed by atoms with E-state index in [0.717, 1.165) is 16.3 Å². The van der Waals surface area contributed by atoms with Gasteiger partial charge < -0.3 is 4.18 Å². The molecule has 0 saturated heterocycles. The number of hydrogen-bond acceptors (Lipinski definition) is 2. The molecule has 0 amide bonds. The van der Waals surface area contributed by atoms with Gasteiger partial charge in [-0.3, -0.25) is 4.55 Å². The Morgan fingerprint density at radius 3 is 2.53 bits per heavy atom. The third kappa shape index (κ3) is 2.00. The van der Waals surface area contributed by atoms with Crippen LogP contribution in [0.3, 0.4) is 0 Å². The van der Waals surface area contributed by atoms with Crippen LogP contribution in [0.25, 0.3) is 10.8 Å². The van der Waals surface area contributed by atoms with E-state index in [0.29, 0.717) is 5.75 Å². The molecular formula is C11H10O3S. The van der Waals surface area contributed by atoms with Crippen molar-refractivity contribution in [1.82, 2.24) is 0 Å². The fourth-order valence-electron chi connectivity index (χ4n) is 1.59. The first-order valence-corrected chi connectivity index (χ1v) is 5.49. The highest BCUT2D eigenvalue weighted by molar-refractivity contribution is 7.74. The van der Waals surface area contributed by atoms with Gasteiger partial charge in [0.15, 0.2) is 0 Å². The van der Waals surface area contributed by atoms with E-state index in [1.54, 1.807) is 12.1 Å². The number of aryl methyl sites for hydroxylation is 1. The maximum Gasteiger partial charge on any atom is 0.357 e. The molecule has 2 aromatic carbocycles. The van der Waals surface area contributed by atoms with Crippen LogP contribution in [0, 0.1) is 6.92 Å². The standard InChI is InChI=1S/C11H10O3S/c1-8-4-2-6-10-9(8)5-3-7-11(10)14-15(12)13/h2-7H,1H3,(H,12,13). The molecule has 0 aliphatic rings. The molecule has 78 valence electrons. The highest BCUT2D eigenvalue weighted by Gasteiger charge is 2.05. The average molecular weight is 222 g/mol. The smallest absolute Gasteiger partial charge is 0.357 e. The molecule has 1 N–H and O–H groups in total. The van der Waals surface area contributed by atoms with Crippen molar-refractivity contribution in [2.24, 2.45) is 0 Å². The van der Waals surface area contributed by atoms with Crippen LogP contribution in [0.2, 0.25) is 0 Å². The Labute approximate surface area is 90.2 Å². The summed E-state index contributed by atoms with van der Waals surface area (Å²) in [5, 5.41) is 1.88. The lowest BCUT2D eigenvalue weighted by atomic mass is 10.1. The Balaban J connectivity index is 2.65. The average Bonchev–Trinajstić information content (AvgIpc) is 2.19. The zero-order valence-corrected chi connectivity index (χ0v) is 8.95. The van der Waals surface area contributed by atoms with Gasteiger partial charge in [0.05, 0.1) is 0 Å². The monoisotopic (exact) mass is 222 g/mol. The summed E-state index contributed by atoms with van der Waals surface area (Å²) >= 11 is -2.28. The first kappa shape index (κ1) is 10.1. The summed E-state index contributed by atoms with van der Waals surface area (Å²) < 4.78 is 24.1. The Morgan fingerprint density at radius 1 is 1.13 bits per heavy atom. The first-order chi connectivity index (χ1) is 7.18. The van der Waals surface area contributed by atoms with E-state index in [-0.39, 0.29) is 0 Å². The Hall–Kier alpha value is -1.39. The molecular weight excluding hydrogens is 212 g/mol. The van der Waals surface area contributed by atoms with E-state index in [1.807, 2.05) is 31.2 Å². The maximum atomic E-state index is 10.6. The number of rotatable bonds is 2. The van der Waals surface area contributed by atoms with Crippen molar-refractivity contribution in [3.05, 3.63) is 42.0 Å². The van der Waals surface area contributed by atoms with Gasteiger partial charge in [0.1, 0.15) is 5.75 Å². The molecule has 0 heterocycles. The van der Waals surface area contributed by atoms with E-state index in [9.17, 15) is 4.21 Å². The normalized spacial score (nSPS) is 12.7. The topological polar surface area (TPSA) is 46.5 Å². The van der Waals surface area contributed by atoms with E-state index in [2.05, 4.69) is 0 Å². The van der Waals surface area contributed by atoms with Crippen molar-refractivity contribution >= 4 is 22.1 Å². The summed E-state index contributed by atoms with van der Waals surface area (Å²) in [7, 11) is 0. The summed E-state index contributed by atoms with van der Waals surface area (Å²) in [6.07, 6.45) is 0. The molecule has 0 spiro atoms. The SMILES string of the molecule is Cc1cccc2c(OS(=O)O)cccc12. The lowest BCUT2D eigenvalue weighted by molar-refractivity contribution is 0.460. The largest absolute Gasteiger partial charge is 0.379 e. The van der Waals surface area contributed by atoms with Crippen LogP contribution >= 0.6 is 0 Å². The lowest BCUT2D eigenvalue weighted by Gasteiger charge is -2.06. The zero-order chi connectivity index (χ0) is 10.8. The van der Waals surface area contributed by atoms with E-state index >= 15 is 0 Å². The van der Waals surface area contributed by atoms with Crippen LogP contribution in [0.4, 0.5) is 0 Å². The zero-order valence-electron chi connectivity index (χ0n) is 8.14. The predicted octanol–water partition coefficient (Wildman–Crippen LogP) is 2.66. The highest BCUT2D eigenvalue weighted by Crippen LogP contribution is 2.27. The second-order valence-electron chi connectivity index (χ2n) is 3.23. The molecule has 15 heavy (non-hydrogen) atoms. The highest BCUT2D eigenvalue weighted by atomic mass is 32.2. The van der Waals surface area contributed by atoms with Crippen LogP contribution in [0.1, 0.15) is 5.56 Å². The summed E-state index contributed by atoms with van der Waals surface area (Å²) in [5.41, 5.74) is 1.11. The molecule has 1 unspecified atom stereocenters. The quantitative estimate of drug-likeness (QED) is 0.794. The van der Waals surface area contributed by atoms with Crippen LogP contribution in [0.5, 0.6) is 5.75 Å². The molecule has 0 fully saturated rings. The number of hydrogen-bond donors (Lipinski definition) is 1. The fourth-order valence-corrected chi connectivity index (χ4v) is 1.89. The molecule has 0 bridgehead atoms. The van der Waals surface area contributed by atoms with Crippen molar-refractivity contribution in [2.45, 2.75) is 6.92 Å².